The maximum atomic E-state index is 3.66. The van der Waals surface area contributed by atoms with Crippen molar-refractivity contribution in [3.8, 4) is 0 Å². The summed E-state index contributed by atoms with van der Waals surface area (Å²) in [6, 6.07) is 4.93. The molecule has 1 aromatic rings. The van der Waals surface area contributed by atoms with Crippen LogP contribution in [0, 0.1) is 11.8 Å². The molecule has 0 fully saturated rings. The molecule has 0 spiro atoms. The summed E-state index contributed by atoms with van der Waals surface area (Å²) in [5.41, 5.74) is 0. The summed E-state index contributed by atoms with van der Waals surface area (Å²) in [6.45, 7) is 10.2. The van der Waals surface area contributed by atoms with Crippen molar-refractivity contribution in [2.75, 3.05) is 6.54 Å². The van der Waals surface area contributed by atoms with Gasteiger partial charge in [0.2, 0.25) is 0 Å². The van der Waals surface area contributed by atoms with Gasteiger partial charge in [-0.1, -0.05) is 33.8 Å². The highest BCUT2D eigenvalue weighted by atomic mass is 35.5. The van der Waals surface area contributed by atoms with E-state index in [2.05, 4.69) is 50.5 Å². The van der Waals surface area contributed by atoms with Crippen LogP contribution in [0.25, 0.3) is 0 Å². The van der Waals surface area contributed by atoms with Crippen LogP contribution in [0.15, 0.2) is 17.5 Å². The van der Waals surface area contributed by atoms with E-state index in [4.69, 9.17) is 0 Å². The summed E-state index contributed by atoms with van der Waals surface area (Å²) in [5.74, 6) is 1.47. The fourth-order valence-electron chi connectivity index (χ4n) is 1.64. The average Bonchev–Trinajstić information content (AvgIpc) is 2.63. The third-order valence-corrected chi connectivity index (χ3v) is 3.35. The van der Waals surface area contributed by atoms with Crippen molar-refractivity contribution in [3.05, 3.63) is 22.4 Å². The molecule has 1 N–H and O–H groups in total. The molecule has 1 heterocycles. The van der Waals surface area contributed by atoms with Gasteiger partial charge < -0.3 is 5.32 Å². The zero-order valence-electron chi connectivity index (χ0n) is 10.7. The highest BCUT2D eigenvalue weighted by molar-refractivity contribution is 7.10. The minimum Gasteiger partial charge on any atom is -0.309 e. The first kappa shape index (κ1) is 16.0. The molecule has 1 rings (SSSR count). The van der Waals surface area contributed by atoms with Crippen LogP contribution in [0.1, 0.15) is 45.0 Å². The van der Waals surface area contributed by atoms with Gasteiger partial charge in [0.25, 0.3) is 0 Å². The first-order chi connectivity index (χ1) is 7.09. The van der Waals surface area contributed by atoms with Gasteiger partial charge in [-0.2, -0.15) is 0 Å². The second-order valence-electron chi connectivity index (χ2n) is 5.00. The Bertz CT molecular complexity index is 257. The molecule has 3 heteroatoms. The molecule has 94 valence electrons. The molecule has 0 saturated carbocycles. The van der Waals surface area contributed by atoms with E-state index >= 15 is 0 Å². The Kier molecular flexibility index (Phi) is 8.08. The number of hydrogen-bond acceptors (Lipinski definition) is 2. The Morgan fingerprint density at radius 1 is 1.19 bits per heavy atom. The maximum Gasteiger partial charge on any atom is 0.0417 e. The maximum absolute atomic E-state index is 3.66. The molecule has 0 saturated heterocycles. The Labute approximate surface area is 110 Å². The van der Waals surface area contributed by atoms with E-state index in [9.17, 15) is 0 Å². The van der Waals surface area contributed by atoms with Gasteiger partial charge in [0.05, 0.1) is 0 Å². The van der Waals surface area contributed by atoms with Crippen LogP contribution in [-0.2, 0) is 0 Å². The van der Waals surface area contributed by atoms with Gasteiger partial charge in [-0.15, -0.1) is 23.7 Å². The summed E-state index contributed by atoms with van der Waals surface area (Å²) in [6.07, 6.45) is 1.23. The summed E-state index contributed by atoms with van der Waals surface area (Å²) >= 11 is 1.86. The van der Waals surface area contributed by atoms with E-state index < -0.39 is 0 Å². The number of hydrogen-bond donors (Lipinski definition) is 1. The van der Waals surface area contributed by atoms with Crippen LogP contribution in [-0.4, -0.2) is 6.54 Å². The molecule has 0 aromatic carbocycles. The molecule has 1 aromatic heterocycles. The standard InChI is InChI=1S/C13H23NS.ClH/c1-10(2)8-12(14-9-11(3)4)13-6-5-7-15-13;/h5-7,10-12,14H,8-9H2,1-4H3;1H. The molecule has 0 aliphatic rings. The lowest BCUT2D eigenvalue weighted by atomic mass is 10.0. The fraction of sp³-hybridized carbons (Fsp3) is 0.692. The zero-order valence-corrected chi connectivity index (χ0v) is 12.3. The first-order valence-corrected chi connectivity index (χ1v) is 6.74. The van der Waals surface area contributed by atoms with Gasteiger partial charge in [0.15, 0.2) is 0 Å². The number of rotatable bonds is 6. The predicted octanol–water partition coefficient (Wildman–Crippen LogP) is 4.50. The lowest BCUT2D eigenvalue weighted by Gasteiger charge is -2.20. The molecule has 1 unspecified atom stereocenters. The van der Waals surface area contributed by atoms with Crippen LogP contribution in [0.4, 0.5) is 0 Å². The largest absolute Gasteiger partial charge is 0.309 e. The van der Waals surface area contributed by atoms with E-state index in [0.29, 0.717) is 6.04 Å². The lowest BCUT2D eigenvalue weighted by molar-refractivity contribution is 0.410. The fourth-order valence-corrected chi connectivity index (χ4v) is 2.45. The first-order valence-electron chi connectivity index (χ1n) is 5.86. The molecule has 1 nitrogen and oxygen atoms in total. The smallest absolute Gasteiger partial charge is 0.0417 e. The summed E-state index contributed by atoms with van der Waals surface area (Å²) in [5, 5.41) is 5.83. The second kappa shape index (κ2) is 8.10. The van der Waals surface area contributed by atoms with Gasteiger partial charge in [-0.3, -0.25) is 0 Å². The second-order valence-corrected chi connectivity index (χ2v) is 5.98. The van der Waals surface area contributed by atoms with Gasteiger partial charge in [0, 0.05) is 10.9 Å². The van der Waals surface area contributed by atoms with Gasteiger partial charge in [0.1, 0.15) is 0 Å². The molecule has 1 atom stereocenters. The third kappa shape index (κ3) is 5.88. The summed E-state index contributed by atoms with van der Waals surface area (Å²) in [4.78, 5) is 1.48. The predicted molar refractivity (Wildman–Crippen MR) is 76.6 cm³/mol. The van der Waals surface area contributed by atoms with Crippen molar-refractivity contribution in [2.45, 2.75) is 40.2 Å². The minimum absolute atomic E-state index is 0. The molecule has 0 radical (unpaired) electrons. The summed E-state index contributed by atoms with van der Waals surface area (Å²) in [7, 11) is 0. The van der Waals surface area contributed by atoms with E-state index in [1.807, 2.05) is 11.3 Å². The highest BCUT2D eigenvalue weighted by Crippen LogP contribution is 2.25. The Morgan fingerprint density at radius 3 is 2.31 bits per heavy atom. The number of nitrogens with one attached hydrogen (secondary N) is 1. The molecular formula is C13H24ClNS. The number of thiophene rings is 1. The quantitative estimate of drug-likeness (QED) is 0.795. The lowest BCUT2D eigenvalue weighted by Crippen LogP contribution is -2.25. The van der Waals surface area contributed by atoms with Crippen LogP contribution < -0.4 is 5.32 Å². The van der Waals surface area contributed by atoms with E-state index in [1.54, 1.807) is 0 Å². The monoisotopic (exact) mass is 261 g/mol. The molecule has 16 heavy (non-hydrogen) atoms. The SMILES string of the molecule is CC(C)CNC(CC(C)C)c1cccs1.Cl. The average molecular weight is 262 g/mol. The molecular weight excluding hydrogens is 238 g/mol. The number of halogens is 1. The third-order valence-electron chi connectivity index (χ3n) is 2.37. The molecule has 0 amide bonds. The topological polar surface area (TPSA) is 12.0 Å². The van der Waals surface area contributed by atoms with Crippen LogP contribution >= 0.6 is 23.7 Å². The van der Waals surface area contributed by atoms with E-state index in [0.717, 1.165) is 18.4 Å². The molecule has 0 aliphatic carbocycles. The van der Waals surface area contributed by atoms with E-state index in [-0.39, 0.29) is 12.4 Å². The highest BCUT2D eigenvalue weighted by Gasteiger charge is 2.13. The van der Waals surface area contributed by atoms with E-state index in [1.165, 1.54) is 11.3 Å². The molecule has 0 bridgehead atoms. The minimum atomic E-state index is 0. The Balaban J connectivity index is 0.00000225. The molecule has 0 aliphatic heterocycles. The van der Waals surface area contributed by atoms with Crippen molar-refractivity contribution in [3.63, 3.8) is 0 Å². The van der Waals surface area contributed by atoms with Crippen molar-refractivity contribution in [1.29, 1.82) is 0 Å². The summed E-state index contributed by atoms with van der Waals surface area (Å²) < 4.78 is 0. The Morgan fingerprint density at radius 2 is 1.88 bits per heavy atom. The Hall–Kier alpha value is -0.0500. The zero-order chi connectivity index (χ0) is 11.3. The van der Waals surface area contributed by atoms with Crippen molar-refractivity contribution < 1.29 is 0 Å². The van der Waals surface area contributed by atoms with Crippen LogP contribution in [0.2, 0.25) is 0 Å². The van der Waals surface area contributed by atoms with Crippen molar-refractivity contribution in [2.24, 2.45) is 11.8 Å². The van der Waals surface area contributed by atoms with Gasteiger partial charge in [-0.25, -0.2) is 0 Å². The van der Waals surface area contributed by atoms with Crippen molar-refractivity contribution in [1.82, 2.24) is 5.32 Å². The van der Waals surface area contributed by atoms with Crippen LogP contribution in [0.3, 0.4) is 0 Å². The van der Waals surface area contributed by atoms with Gasteiger partial charge >= 0.3 is 0 Å². The van der Waals surface area contributed by atoms with Crippen LogP contribution in [0.5, 0.6) is 0 Å². The van der Waals surface area contributed by atoms with Gasteiger partial charge in [-0.05, 0) is 36.2 Å². The normalized spacial score (nSPS) is 12.9. The van der Waals surface area contributed by atoms with Crippen molar-refractivity contribution >= 4 is 23.7 Å².